The molecule has 2 aromatic carbocycles. The van der Waals surface area contributed by atoms with Gasteiger partial charge in [-0.1, -0.05) is 57.4 Å². The Hall–Kier alpha value is -0.990. The third-order valence-electron chi connectivity index (χ3n) is 3.10. The molecule has 0 fully saturated rings. The average molecular weight is 340 g/mol. The first-order valence-electron chi connectivity index (χ1n) is 6.14. The van der Waals surface area contributed by atoms with Gasteiger partial charge in [-0.2, -0.15) is 0 Å². The number of alkyl halides is 1. The molecule has 0 saturated heterocycles. The normalized spacial score (nSPS) is 10.5. The van der Waals surface area contributed by atoms with Gasteiger partial charge in [0, 0.05) is 15.9 Å². The summed E-state index contributed by atoms with van der Waals surface area (Å²) in [6.07, 6.45) is 0. The highest BCUT2D eigenvalue weighted by atomic mass is 79.9. The summed E-state index contributed by atoms with van der Waals surface area (Å²) in [6.45, 7) is 4.75. The van der Waals surface area contributed by atoms with Crippen molar-refractivity contribution in [1.82, 2.24) is 0 Å². The summed E-state index contributed by atoms with van der Waals surface area (Å²) in [5, 5.41) is 1.42. The predicted molar refractivity (Wildman–Crippen MR) is 84.3 cm³/mol. The molecule has 0 saturated carbocycles. The smallest absolute Gasteiger partial charge is 0.125 e. The quantitative estimate of drug-likeness (QED) is 0.675. The standard InChI is InChI=1S/C16H16BrClO/c1-11-6-7-12(2)13(8-11)10-19-16-5-3-4-15(18)14(16)9-17/h3-8H,9-10H2,1-2H3. The zero-order chi connectivity index (χ0) is 13.8. The van der Waals surface area contributed by atoms with Crippen molar-refractivity contribution in [2.24, 2.45) is 0 Å². The van der Waals surface area contributed by atoms with Crippen LogP contribution in [0.1, 0.15) is 22.3 Å². The maximum Gasteiger partial charge on any atom is 0.125 e. The highest BCUT2D eigenvalue weighted by Crippen LogP contribution is 2.29. The lowest BCUT2D eigenvalue weighted by molar-refractivity contribution is 0.303. The van der Waals surface area contributed by atoms with E-state index >= 15 is 0 Å². The minimum atomic E-state index is 0.563. The van der Waals surface area contributed by atoms with Gasteiger partial charge in [0.25, 0.3) is 0 Å². The van der Waals surface area contributed by atoms with Gasteiger partial charge in [0.05, 0.1) is 0 Å². The van der Waals surface area contributed by atoms with Crippen molar-refractivity contribution in [2.45, 2.75) is 25.8 Å². The van der Waals surface area contributed by atoms with Crippen LogP contribution in [0.5, 0.6) is 5.75 Å². The Morgan fingerprint density at radius 3 is 2.68 bits per heavy atom. The van der Waals surface area contributed by atoms with Crippen molar-refractivity contribution < 1.29 is 4.74 Å². The Bertz CT molecular complexity index is 581. The Labute approximate surface area is 127 Å². The van der Waals surface area contributed by atoms with Crippen molar-refractivity contribution in [1.29, 1.82) is 0 Å². The second-order valence-electron chi connectivity index (χ2n) is 4.57. The fraction of sp³-hybridized carbons (Fsp3) is 0.250. The van der Waals surface area contributed by atoms with Crippen LogP contribution in [0, 0.1) is 13.8 Å². The van der Waals surface area contributed by atoms with Crippen LogP contribution in [0.4, 0.5) is 0 Å². The molecule has 0 unspecified atom stereocenters. The lowest BCUT2D eigenvalue weighted by Gasteiger charge is -2.13. The maximum atomic E-state index is 6.16. The van der Waals surface area contributed by atoms with Crippen LogP contribution in [-0.4, -0.2) is 0 Å². The predicted octanol–water partition coefficient (Wildman–Crippen LogP) is 5.43. The number of aryl methyl sites for hydroxylation is 2. The molecule has 0 radical (unpaired) electrons. The summed E-state index contributed by atoms with van der Waals surface area (Å²) in [7, 11) is 0. The van der Waals surface area contributed by atoms with E-state index in [1.807, 2.05) is 18.2 Å². The molecule has 0 aliphatic carbocycles. The molecule has 0 aromatic heterocycles. The van der Waals surface area contributed by atoms with E-state index in [2.05, 4.69) is 48.0 Å². The van der Waals surface area contributed by atoms with Crippen LogP contribution >= 0.6 is 27.5 Å². The van der Waals surface area contributed by atoms with E-state index in [0.717, 1.165) is 16.3 Å². The number of ether oxygens (including phenoxy) is 1. The molecule has 2 aromatic rings. The first-order valence-corrected chi connectivity index (χ1v) is 7.64. The van der Waals surface area contributed by atoms with Gasteiger partial charge in [-0.25, -0.2) is 0 Å². The summed E-state index contributed by atoms with van der Waals surface area (Å²) >= 11 is 9.60. The van der Waals surface area contributed by atoms with Gasteiger partial charge in [-0.15, -0.1) is 0 Å². The number of rotatable bonds is 4. The fourth-order valence-electron chi connectivity index (χ4n) is 1.92. The van der Waals surface area contributed by atoms with Crippen molar-refractivity contribution in [2.75, 3.05) is 0 Å². The summed E-state index contributed by atoms with van der Waals surface area (Å²) in [4.78, 5) is 0. The number of hydrogen-bond acceptors (Lipinski definition) is 1. The Balaban J connectivity index is 2.19. The molecule has 0 spiro atoms. The van der Waals surface area contributed by atoms with Crippen molar-refractivity contribution in [3.8, 4) is 5.75 Å². The average Bonchev–Trinajstić information content (AvgIpc) is 2.40. The summed E-state index contributed by atoms with van der Waals surface area (Å²) in [5.74, 6) is 0.838. The lowest BCUT2D eigenvalue weighted by atomic mass is 10.1. The molecule has 0 atom stereocenters. The monoisotopic (exact) mass is 338 g/mol. The molecule has 1 nitrogen and oxygen atoms in total. The van der Waals surface area contributed by atoms with Gasteiger partial charge < -0.3 is 4.74 Å². The molecule has 0 aliphatic rings. The SMILES string of the molecule is Cc1ccc(C)c(COc2cccc(Cl)c2CBr)c1. The van der Waals surface area contributed by atoms with Crippen LogP contribution < -0.4 is 4.74 Å². The van der Waals surface area contributed by atoms with E-state index in [1.54, 1.807) is 0 Å². The van der Waals surface area contributed by atoms with E-state index < -0.39 is 0 Å². The van der Waals surface area contributed by atoms with Gasteiger partial charge >= 0.3 is 0 Å². The zero-order valence-corrected chi connectivity index (χ0v) is 13.4. The molecular weight excluding hydrogens is 324 g/mol. The lowest BCUT2D eigenvalue weighted by Crippen LogP contribution is -2.00. The minimum Gasteiger partial charge on any atom is -0.489 e. The highest BCUT2D eigenvalue weighted by Gasteiger charge is 2.08. The largest absolute Gasteiger partial charge is 0.489 e. The van der Waals surface area contributed by atoms with Gasteiger partial charge in [0.2, 0.25) is 0 Å². The molecule has 3 heteroatoms. The molecule has 19 heavy (non-hydrogen) atoms. The van der Waals surface area contributed by atoms with E-state index in [1.165, 1.54) is 16.7 Å². The van der Waals surface area contributed by atoms with Crippen LogP contribution in [0.15, 0.2) is 36.4 Å². The molecule has 0 N–H and O–H groups in total. The van der Waals surface area contributed by atoms with Crippen LogP contribution in [0.3, 0.4) is 0 Å². The van der Waals surface area contributed by atoms with Gasteiger partial charge in [0.1, 0.15) is 12.4 Å². The molecule has 0 heterocycles. The van der Waals surface area contributed by atoms with Crippen molar-refractivity contribution in [3.63, 3.8) is 0 Å². The number of benzene rings is 2. The van der Waals surface area contributed by atoms with Crippen LogP contribution in [0.2, 0.25) is 5.02 Å². The second kappa shape index (κ2) is 6.44. The first-order chi connectivity index (χ1) is 9.11. The van der Waals surface area contributed by atoms with Gasteiger partial charge in [0.15, 0.2) is 0 Å². The van der Waals surface area contributed by atoms with E-state index in [0.29, 0.717) is 11.9 Å². The minimum absolute atomic E-state index is 0.563. The molecule has 2 rings (SSSR count). The van der Waals surface area contributed by atoms with Crippen molar-refractivity contribution >= 4 is 27.5 Å². The molecule has 100 valence electrons. The van der Waals surface area contributed by atoms with Crippen molar-refractivity contribution in [3.05, 3.63) is 63.7 Å². The molecular formula is C16H16BrClO. The zero-order valence-electron chi connectivity index (χ0n) is 11.0. The summed E-state index contributed by atoms with van der Waals surface area (Å²) in [5.41, 5.74) is 4.69. The Morgan fingerprint density at radius 2 is 1.95 bits per heavy atom. The fourth-order valence-corrected chi connectivity index (χ4v) is 2.89. The molecule has 0 amide bonds. The topological polar surface area (TPSA) is 9.23 Å². The second-order valence-corrected chi connectivity index (χ2v) is 5.54. The van der Waals surface area contributed by atoms with Gasteiger partial charge in [-0.3, -0.25) is 0 Å². The third-order valence-corrected chi connectivity index (χ3v) is 4.01. The number of hydrogen-bond donors (Lipinski definition) is 0. The Kier molecular flexibility index (Phi) is 4.89. The van der Waals surface area contributed by atoms with E-state index in [4.69, 9.17) is 16.3 Å². The highest BCUT2D eigenvalue weighted by molar-refractivity contribution is 9.08. The molecule has 0 aliphatic heterocycles. The summed E-state index contributed by atoms with van der Waals surface area (Å²) in [6, 6.07) is 12.1. The molecule has 0 bridgehead atoms. The Morgan fingerprint density at radius 1 is 1.16 bits per heavy atom. The third kappa shape index (κ3) is 3.52. The summed E-state index contributed by atoms with van der Waals surface area (Å²) < 4.78 is 5.92. The van der Waals surface area contributed by atoms with Gasteiger partial charge in [-0.05, 0) is 37.1 Å². The first kappa shape index (κ1) is 14.4. The van der Waals surface area contributed by atoms with E-state index in [9.17, 15) is 0 Å². The maximum absolute atomic E-state index is 6.16. The number of halogens is 2. The van der Waals surface area contributed by atoms with Crippen LogP contribution in [0.25, 0.3) is 0 Å². The van der Waals surface area contributed by atoms with Crippen LogP contribution in [-0.2, 0) is 11.9 Å². The van der Waals surface area contributed by atoms with E-state index in [-0.39, 0.29) is 0 Å².